The zero-order valence-corrected chi connectivity index (χ0v) is 13.9. The van der Waals surface area contributed by atoms with Gasteiger partial charge in [0.1, 0.15) is 6.04 Å². The summed E-state index contributed by atoms with van der Waals surface area (Å²) >= 11 is 0. The Morgan fingerprint density at radius 2 is 1.67 bits per heavy atom. The molecule has 0 radical (unpaired) electrons. The summed E-state index contributed by atoms with van der Waals surface area (Å²) in [5, 5.41) is 2.83. The second kappa shape index (κ2) is 7.40. The van der Waals surface area contributed by atoms with Crippen molar-refractivity contribution in [2.24, 2.45) is 0 Å². The van der Waals surface area contributed by atoms with Crippen molar-refractivity contribution in [3.63, 3.8) is 0 Å². The summed E-state index contributed by atoms with van der Waals surface area (Å²) in [7, 11) is -1.20. The van der Waals surface area contributed by atoms with Crippen LogP contribution in [0.1, 0.15) is 15.9 Å². The molecule has 124 valence electrons. The Morgan fingerprint density at radius 3 is 2.33 bits per heavy atom. The third-order valence-electron chi connectivity index (χ3n) is 3.90. The van der Waals surface area contributed by atoms with Crippen LogP contribution in [-0.2, 0) is 22.1 Å². The van der Waals surface area contributed by atoms with Crippen LogP contribution < -0.4 is 5.32 Å². The summed E-state index contributed by atoms with van der Waals surface area (Å²) in [6.45, 7) is 0.385. The molecule has 0 bridgehead atoms. The third kappa shape index (κ3) is 3.71. The minimum absolute atomic E-state index is 0.0944. The lowest BCUT2D eigenvalue weighted by molar-refractivity contribution is -0.124. The smallest absolute Gasteiger partial charge is 0.255 e. The van der Waals surface area contributed by atoms with Crippen molar-refractivity contribution in [2.45, 2.75) is 12.6 Å². The van der Waals surface area contributed by atoms with Gasteiger partial charge in [-0.15, -0.1) is 0 Å². The molecule has 2 aromatic carbocycles. The molecule has 1 N–H and O–H groups in total. The fourth-order valence-corrected chi connectivity index (χ4v) is 4.03. The van der Waals surface area contributed by atoms with Crippen molar-refractivity contribution in [2.75, 3.05) is 11.6 Å². The number of nitrogens with one attached hydrogen (secondary N) is 1. The summed E-state index contributed by atoms with van der Waals surface area (Å²) in [6.07, 6.45) is 0. The van der Waals surface area contributed by atoms with Crippen LogP contribution in [0, 0.1) is 0 Å². The van der Waals surface area contributed by atoms with E-state index in [1.165, 1.54) is 4.90 Å². The SMILES string of the molecule is O=C(NCc1ccccc1)[C@@H]1CS(=O)CN1C(=O)c1ccccc1. The number of carbonyl (C=O) groups is 2. The van der Waals surface area contributed by atoms with Gasteiger partial charge in [0.25, 0.3) is 5.91 Å². The summed E-state index contributed by atoms with van der Waals surface area (Å²) in [5.74, 6) is -0.258. The van der Waals surface area contributed by atoms with Crippen LogP contribution in [0.3, 0.4) is 0 Å². The van der Waals surface area contributed by atoms with Crippen LogP contribution in [0.5, 0.6) is 0 Å². The molecule has 24 heavy (non-hydrogen) atoms. The molecule has 0 saturated carbocycles. The number of carbonyl (C=O) groups excluding carboxylic acids is 2. The standard InChI is InChI=1S/C18H18N2O3S/c21-17(19-11-14-7-3-1-4-8-14)16-12-24(23)13-20(16)18(22)15-9-5-2-6-10-15/h1-10,16H,11-13H2,(H,19,21)/t16-,24?/m0/s1. The maximum absolute atomic E-state index is 12.6. The lowest BCUT2D eigenvalue weighted by atomic mass is 10.1. The monoisotopic (exact) mass is 342 g/mol. The van der Waals surface area contributed by atoms with E-state index in [0.717, 1.165) is 5.56 Å². The van der Waals surface area contributed by atoms with Crippen LogP contribution in [-0.4, -0.2) is 38.6 Å². The van der Waals surface area contributed by atoms with Gasteiger partial charge in [0.15, 0.2) is 0 Å². The summed E-state index contributed by atoms with van der Waals surface area (Å²) in [5.41, 5.74) is 1.48. The Labute approximate surface area is 143 Å². The van der Waals surface area contributed by atoms with Crippen LogP contribution in [0.4, 0.5) is 0 Å². The topological polar surface area (TPSA) is 66.5 Å². The van der Waals surface area contributed by atoms with E-state index in [9.17, 15) is 13.8 Å². The lowest BCUT2D eigenvalue weighted by Gasteiger charge is -2.22. The lowest BCUT2D eigenvalue weighted by Crippen LogP contribution is -2.47. The van der Waals surface area contributed by atoms with Gasteiger partial charge in [-0.2, -0.15) is 0 Å². The molecule has 2 atom stereocenters. The normalized spacial score (nSPS) is 19.9. The highest BCUT2D eigenvalue weighted by Gasteiger charge is 2.38. The van der Waals surface area contributed by atoms with Crippen molar-refractivity contribution < 1.29 is 13.8 Å². The Kier molecular flexibility index (Phi) is 5.05. The minimum atomic E-state index is -1.20. The molecule has 1 unspecified atom stereocenters. The van der Waals surface area contributed by atoms with Crippen LogP contribution in [0.2, 0.25) is 0 Å². The summed E-state index contributed by atoms with van der Waals surface area (Å²) < 4.78 is 11.9. The highest BCUT2D eigenvalue weighted by molar-refractivity contribution is 7.85. The Morgan fingerprint density at radius 1 is 1.04 bits per heavy atom. The van der Waals surface area contributed by atoms with Crippen LogP contribution >= 0.6 is 0 Å². The van der Waals surface area contributed by atoms with E-state index < -0.39 is 16.8 Å². The quantitative estimate of drug-likeness (QED) is 0.916. The van der Waals surface area contributed by atoms with Crippen molar-refractivity contribution in [1.82, 2.24) is 10.2 Å². The van der Waals surface area contributed by atoms with Gasteiger partial charge in [0.05, 0.1) is 11.6 Å². The van der Waals surface area contributed by atoms with Crippen molar-refractivity contribution >= 4 is 22.6 Å². The van der Waals surface area contributed by atoms with Gasteiger partial charge in [0.2, 0.25) is 5.91 Å². The zero-order chi connectivity index (χ0) is 16.9. The molecule has 2 amide bonds. The largest absolute Gasteiger partial charge is 0.350 e. The Bertz CT molecular complexity index is 749. The molecule has 1 fully saturated rings. The maximum atomic E-state index is 12.6. The highest BCUT2D eigenvalue weighted by atomic mass is 32.2. The average molecular weight is 342 g/mol. The number of hydrogen-bond acceptors (Lipinski definition) is 3. The summed E-state index contributed by atoms with van der Waals surface area (Å²) in [4.78, 5) is 26.5. The molecule has 1 aliphatic heterocycles. The van der Waals surface area contributed by atoms with Crippen molar-refractivity contribution in [1.29, 1.82) is 0 Å². The van der Waals surface area contributed by atoms with Gasteiger partial charge in [-0.3, -0.25) is 13.8 Å². The molecule has 2 aromatic rings. The molecule has 3 rings (SSSR count). The first-order chi connectivity index (χ1) is 11.6. The molecule has 5 nitrogen and oxygen atoms in total. The van der Waals surface area contributed by atoms with E-state index in [1.54, 1.807) is 24.3 Å². The van der Waals surface area contributed by atoms with Gasteiger partial charge in [-0.25, -0.2) is 0 Å². The van der Waals surface area contributed by atoms with Crippen LogP contribution in [0.25, 0.3) is 0 Å². The van der Waals surface area contributed by atoms with Gasteiger partial charge in [-0.05, 0) is 17.7 Å². The molecule has 0 aromatic heterocycles. The van der Waals surface area contributed by atoms with Crippen molar-refractivity contribution in [3.8, 4) is 0 Å². The number of benzene rings is 2. The van der Waals surface area contributed by atoms with Gasteiger partial charge in [0, 0.05) is 22.9 Å². The van der Waals surface area contributed by atoms with E-state index in [0.29, 0.717) is 12.1 Å². The second-order valence-electron chi connectivity index (χ2n) is 5.60. The Balaban J connectivity index is 1.69. The van der Waals surface area contributed by atoms with E-state index in [-0.39, 0.29) is 23.4 Å². The van der Waals surface area contributed by atoms with E-state index in [1.807, 2.05) is 36.4 Å². The fourth-order valence-electron chi connectivity index (χ4n) is 2.63. The maximum Gasteiger partial charge on any atom is 0.255 e. The molecule has 0 aliphatic carbocycles. The predicted molar refractivity (Wildman–Crippen MR) is 92.6 cm³/mol. The third-order valence-corrected chi connectivity index (χ3v) is 5.15. The fraction of sp³-hybridized carbons (Fsp3) is 0.222. The minimum Gasteiger partial charge on any atom is -0.350 e. The van der Waals surface area contributed by atoms with Gasteiger partial charge < -0.3 is 10.2 Å². The van der Waals surface area contributed by atoms with Crippen molar-refractivity contribution in [3.05, 3.63) is 71.8 Å². The predicted octanol–water partition coefficient (Wildman–Crippen LogP) is 1.53. The zero-order valence-electron chi connectivity index (χ0n) is 13.1. The van der Waals surface area contributed by atoms with E-state index in [2.05, 4.69) is 5.32 Å². The molecule has 1 saturated heterocycles. The number of amides is 2. The summed E-state index contributed by atoms with van der Waals surface area (Å²) in [6, 6.07) is 17.6. The molecule has 0 spiro atoms. The van der Waals surface area contributed by atoms with Crippen LogP contribution in [0.15, 0.2) is 60.7 Å². The molecule has 1 heterocycles. The molecular weight excluding hydrogens is 324 g/mol. The second-order valence-corrected chi connectivity index (χ2v) is 7.07. The molecular formula is C18H18N2O3S. The van der Waals surface area contributed by atoms with E-state index >= 15 is 0 Å². The molecule has 6 heteroatoms. The number of nitrogens with zero attached hydrogens (tertiary/aromatic N) is 1. The van der Waals surface area contributed by atoms with Gasteiger partial charge in [-0.1, -0.05) is 48.5 Å². The number of rotatable bonds is 4. The highest BCUT2D eigenvalue weighted by Crippen LogP contribution is 2.17. The first-order valence-corrected chi connectivity index (χ1v) is 9.16. The first kappa shape index (κ1) is 16.4. The first-order valence-electron chi connectivity index (χ1n) is 7.68. The molecule has 1 aliphatic rings. The number of hydrogen-bond donors (Lipinski definition) is 1. The van der Waals surface area contributed by atoms with Gasteiger partial charge >= 0.3 is 0 Å². The average Bonchev–Trinajstić information content (AvgIpc) is 3.02. The van der Waals surface area contributed by atoms with E-state index in [4.69, 9.17) is 0 Å². The Hall–Kier alpha value is -2.47.